The van der Waals surface area contributed by atoms with E-state index in [1.807, 2.05) is 30.3 Å². The lowest BCUT2D eigenvalue weighted by molar-refractivity contribution is 0.180. The van der Waals surface area contributed by atoms with Gasteiger partial charge in [0.1, 0.15) is 11.6 Å². The summed E-state index contributed by atoms with van der Waals surface area (Å²) in [4.78, 5) is 2.54. The van der Waals surface area contributed by atoms with Gasteiger partial charge in [-0.2, -0.15) is 5.10 Å². The average molecular weight is 395 g/mol. The number of anilines is 1. The van der Waals surface area contributed by atoms with Crippen LogP contribution < -0.4 is 10.5 Å². The lowest BCUT2D eigenvalue weighted by Crippen LogP contribution is -2.35. The fourth-order valence-corrected chi connectivity index (χ4v) is 4.78. The predicted octanol–water partition coefficient (Wildman–Crippen LogP) is 3.99. The molecule has 2 heterocycles. The standard InChI is InChI=1S/C22H23ClN4O/c1-28-21-8-4-5-14-12-26(13-17(14)21)15-9-10-19-16(11-15)22(24)27(25-19)20-7-3-2-6-18(20)23/h2-8,15H,9-13,24H2,1H3. The highest BCUT2D eigenvalue weighted by Crippen LogP contribution is 2.37. The molecule has 0 saturated heterocycles. The monoisotopic (exact) mass is 394 g/mol. The second-order valence-corrected chi connectivity index (χ2v) is 7.98. The number of nitrogens with zero attached hydrogens (tertiary/aromatic N) is 3. The molecule has 1 unspecified atom stereocenters. The number of para-hydroxylation sites is 1. The molecule has 6 heteroatoms. The number of methoxy groups -OCH3 is 1. The van der Waals surface area contributed by atoms with Crippen molar-refractivity contribution in [2.24, 2.45) is 0 Å². The van der Waals surface area contributed by atoms with Crippen molar-refractivity contribution in [2.75, 3.05) is 12.8 Å². The first-order valence-corrected chi connectivity index (χ1v) is 10.0. The van der Waals surface area contributed by atoms with Gasteiger partial charge in [-0.25, -0.2) is 4.68 Å². The first-order valence-electron chi connectivity index (χ1n) is 9.65. The van der Waals surface area contributed by atoms with Crippen molar-refractivity contribution in [1.82, 2.24) is 14.7 Å². The summed E-state index contributed by atoms with van der Waals surface area (Å²) in [6, 6.07) is 14.5. The Morgan fingerprint density at radius 2 is 1.96 bits per heavy atom. The Morgan fingerprint density at radius 3 is 2.79 bits per heavy atom. The number of hydrogen-bond donors (Lipinski definition) is 1. The molecule has 1 aliphatic heterocycles. The van der Waals surface area contributed by atoms with E-state index >= 15 is 0 Å². The van der Waals surface area contributed by atoms with E-state index in [2.05, 4.69) is 17.0 Å². The summed E-state index contributed by atoms with van der Waals surface area (Å²) in [7, 11) is 1.75. The molecule has 0 bridgehead atoms. The molecule has 28 heavy (non-hydrogen) atoms. The second kappa shape index (κ2) is 6.83. The lowest BCUT2D eigenvalue weighted by Gasteiger charge is -2.30. The highest BCUT2D eigenvalue weighted by Gasteiger charge is 2.33. The number of aromatic nitrogens is 2. The number of nitrogens with two attached hydrogens (primary N) is 1. The third-order valence-corrected chi connectivity index (χ3v) is 6.36. The molecular weight excluding hydrogens is 372 g/mol. The SMILES string of the molecule is COc1cccc2c1CN(C1CCc3nn(-c4ccccc4Cl)c(N)c3C1)C2. The Balaban J connectivity index is 1.42. The summed E-state index contributed by atoms with van der Waals surface area (Å²) in [6.45, 7) is 1.89. The zero-order chi connectivity index (χ0) is 19.3. The summed E-state index contributed by atoms with van der Waals surface area (Å²) in [5, 5.41) is 5.44. The molecule has 144 valence electrons. The Morgan fingerprint density at radius 1 is 1.11 bits per heavy atom. The fourth-order valence-electron chi connectivity index (χ4n) is 4.56. The van der Waals surface area contributed by atoms with Gasteiger partial charge in [-0.1, -0.05) is 35.9 Å². The number of benzene rings is 2. The van der Waals surface area contributed by atoms with E-state index in [-0.39, 0.29) is 0 Å². The normalized spacial score (nSPS) is 18.7. The first-order chi connectivity index (χ1) is 13.7. The smallest absolute Gasteiger partial charge is 0.130 e. The van der Waals surface area contributed by atoms with Crippen molar-refractivity contribution in [2.45, 2.75) is 38.4 Å². The summed E-state index contributed by atoms with van der Waals surface area (Å²) < 4.78 is 7.36. The van der Waals surface area contributed by atoms with Gasteiger partial charge in [0.2, 0.25) is 0 Å². The molecule has 0 spiro atoms. The third-order valence-electron chi connectivity index (χ3n) is 6.04. The Kier molecular flexibility index (Phi) is 4.29. The van der Waals surface area contributed by atoms with Crippen LogP contribution >= 0.6 is 11.6 Å². The zero-order valence-electron chi connectivity index (χ0n) is 15.9. The van der Waals surface area contributed by atoms with Gasteiger partial charge >= 0.3 is 0 Å². The molecule has 0 saturated carbocycles. The Bertz CT molecular complexity index is 1050. The van der Waals surface area contributed by atoms with Crippen LogP contribution in [0.4, 0.5) is 5.82 Å². The van der Waals surface area contributed by atoms with E-state index in [9.17, 15) is 0 Å². The predicted molar refractivity (Wildman–Crippen MR) is 111 cm³/mol. The summed E-state index contributed by atoms with van der Waals surface area (Å²) in [5.41, 5.74) is 12.3. The lowest BCUT2D eigenvalue weighted by atomic mass is 9.92. The van der Waals surface area contributed by atoms with Crippen molar-refractivity contribution in [3.8, 4) is 11.4 Å². The van der Waals surface area contributed by atoms with Crippen LogP contribution in [0.15, 0.2) is 42.5 Å². The Labute approximate surface area is 169 Å². The van der Waals surface area contributed by atoms with Crippen molar-refractivity contribution < 1.29 is 4.74 Å². The molecule has 2 aliphatic rings. The molecule has 0 amide bonds. The molecule has 1 aliphatic carbocycles. The minimum Gasteiger partial charge on any atom is -0.496 e. The number of nitrogen functional groups attached to an aromatic ring is 1. The number of halogens is 1. The van der Waals surface area contributed by atoms with Crippen LogP contribution in [0.2, 0.25) is 5.02 Å². The highest BCUT2D eigenvalue weighted by atomic mass is 35.5. The van der Waals surface area contributed by atoms with Gasteiger partial charge in [-0.05, 0) is 43.0 Å². The maximum Gasteiger partial charge on any atom is 0.130 e. The molecule has 0 radical (unpaired) electrons. The van der Waals surface area contributed by atoms with Gasteiger partial charge in [-0.15, -0.1) is 0 Å². The molecule has 3 aromatic rings. The van der Waals surface area contributed by atoms with E-state index in [0.717, 1.165) is 49.5 Å². The van der Waals surface area contributed by atoms with Gasteiger partial charge in [0, 0.05) is 30.3 Å². The largest absolute Gasteiger partial charge is 0.496 e. The molecule has 5 rings (SSSR count). The molecule has 2 aromatic carbocycles. The molecule has 5 nitrogen and oxygen atoms in total. The van der Waals surface area contributed by atoms with Crippen molar-refractivity contribution in [3.63, 3.8) is 0 Å². The summed E-state index contributed by atoms with van der Waals surface area (Å²) in [6.07, 6.45) is 2.94. The average Bonchev–Trinajstić information content (AvgIpc) is 3.29. The number of fused-ring (bicyclic) bond motifs is 2. The van der Waals surface area contributed by atoms with E-state index in [1.54, 1.807) is 11.8 Å². The minimum atomic E-state index is 0.454. The topological polar surface area (TPSA) is 56.3 Å². The van der Waals surface area contributed by atoms with Crippen molar-refractivity contribution in [1.29, 1.82) is 0 Å². The highest BCUT2D eigenvalue weighted by molar-refractivity contribution is 6.32. The van der Waals surface area contributed by atoms with Crippen molar-refractivity contribution in [3.05, 3.63) is 69.9 Å². The summed E-state index contributed by atoms with van der Waals surface area (Å²) in [5.74, 6) is 1.70. The van der Waals surface area contributed by atoms with Crippen LogP contribution in [0, 0.1) is 0 Å². The number of rotatable bonds is 3. The maximum absolute atomic E-state index is 6.52. The third kappa shape index (κ3) is 2.77. The van der Waals surface area contributed by atoms with Crippen molar-refractivity contribution >= 4 is 17.4 Å². The number of ether oxygens (including phenoxy) is 1. The van der Waals surface area contributed by atoms with Gasteiger partial charge < -0.3 is 10.5 Å². The van der Waals surface area contributed by atoms with Crippen LogP contribution in [-0.2, 0) is 25.9 Å². The van der Waals surface area contributed by atoms with E-state index in [1.165, 1.54) is 16.7 Å². The summed E-state index contributed by atoms with van der Waals surface area (Å²) >= 11 is 6.37. The quantitative estimate of drug-likeness (QED) is 0.729. The van der Waals surface area contributed by atoms with Gasteiger partial charge in [0.05, 0.1) is 23.5 Å². The van der Waals surface area contributed by atoms with Crippen LogP contribution in [0.5, 0.6) is 5.75 Å². The number of hydrogen-bond acceptors (Lipinski definition) is 4. The van der Waals surface area contributed by atoms with Crippen LogP contribution in [-0.4, -0.2) is 27.8 Å². The van der Waals surface area contributed by atoms with Crippen LogP contribution in [0.1, 0.15) is 28.8 Å². The van der Waals surface area contributed by atoms with Crippen LogP contribution in [0.3, 0.4) is 0 Å². The fraction of sp³-hybridized carbons (Fsp3) is 0.318. The molecule has 1 atom stereocenters. The van der Waals surface area contributed by atoms with Crippen LogP contribution in [0.25, 0.3) is 5.69 Å². The Hall–Kier alpha value is -2.50. The molecule has 2 N–H and O–H groups in total. The van der Waals surface area contributed by atoms with E-state index in [0.29, 0.717) is 16.9 Å². The van der Waals surface area contributed by atoms with E-state index in [4.69, 9.17) is 27.2 Å². The second-order valence-electron chi connectivity index (χ2n) is 7.57. The minimum absolute atomic E-state index is 0.454. The maximum atomic E-state index is 6.52. The molecule has 1 aromatic heterocycles. The van der Waals surface area contributed by atoms with Gasteiger partial charge in [0.25, 0.3) is 0 Å². The molecule has 0 fully saturated rings. The molecular formula is C22H23ClN4O. The van der Waals surface area contributed by atoms with Gasteiger partial charge in [-0.3, -0.25) is 4.90 Å². The van der Waals surface area contributed by atoms with Gasteiger partial charge in [0.15, 0.2) is 0 Å². The number of aryl methyl sites for hydroxylation is 1. The zero-order valence-corrected chi connectivity index (χ0v) is 16.6. The first kappa shape index (κ1) is 17.6. The van der Waals surface area contributed by atoms with E-state index < -0.39 is 0 Å².